The van der Waals surface area contributed by atoms with E-state index in [4.69, 9.17) is 29.9 Å². The van der Waals surface area contributed by atoms with Gasteiger partial charge in [0.15, 0.2) is 34.9 Å². The molecule has 0 unspecified atom stereocenters. The zero-order chi connectivity index (χ0) is 84.4. The summed E-state index contributed by atoms with van der Waals surface area (Å²) in [5.74, 6) is 3.14. The van der Waals surface area contributed by atoms with E-state index in [-0.39, 0.29) is 0 Å². The van der Waals surface area contributed by atoms with Crippen molar-refractivity contribution in [3.05, 3.63) is 479 Å². The molecule has 127 heavy (non-hydrogen) atoms. The van der Waals surface area contributed by atoms with Crippen LogP contribution < -0.4 is 0 Å². The van der Waals surface area contributed by atoms with Crippen molar-refractivity contribution < 1.29 is 0 Å². The number of aromatic nitrogens is 7. The molecular weight excluding hydrogens is 1540 g/mol. The van der Waals surface area contributed by atoms with Crippen molar-refractivity contribution in [3.8, 4) is 208 Å². The van der Waals surface area contributed by atoms with Gasteiger partial charge < -0.3 is 4.57 Å². The Labute approximate surface area is 738 Å². The first-order valence-corrected chi connectivity index (χ1v) is 43.0. The molecule has 22 rings (SSSR count). The monoisotopic (exact) mass is 1620 g/mol. The highest BCUT2D eigenvalue weighted by atomic mass is 15.0. The Balaban J connectivity index is 0.819. The van der Waals surface area contributed by atoms with Crippen LogP contribution in [-0.4, -0.2) is 34.5 Å². The van der Waals surface area contributed by atoms with Gasteiger partial charge in [0, 0.05) is 61.0 Å². The Bertz CT molecular complexity index is 6830. The number of fused-ring (bicyclic) bond motifs is 3. The quantitative estimate of drug-likeness (QED) is 0.0802. The van der Waals surface area contributed by atoms with Crippen molar-refractivity contribution in [1.29, 1.82) is 0 Å². The second-order valence-corrected chi connectivity index (χ2v) is 32.1. The van der Waals surface area contributed by atoms with E-state index in [1.165, 1.54) is 0 Å². The van der Waals surface area contributed by atoms with Gasteiger partial charge in [-0.25, -0.2) is 29.9 Å². The van der Waals surface area contributed by atoms with Gasteiger partial charge in [-0.05, 0) is 232 Å². The van der Waals surface area contributed by atoms with E-state index in [1.54, 1.807) is 0 Å². The fourth-order valence-electron chi connectivity index (χ4n) is 17.9. The summed E-state index contributed by atoms with van der Waals surface area (Å²) in [6.07, 6.45) is 0. The molecule has 0 fully saturated rings. The summed E-state index contributed by atoms with van der Waals surface area (Å²) in [4.78, 5) is 34.6. The van der Waals surface area contributed by atoms with Crippen LogP contribution in [0.1, 0.15) is 0 Å². The predicted molar refractivity (Wildman–Crippen MR) is 525 cm³/mol. The third kappa shape index (κ3) is 15.4. The van der Waals surface area contributed by atoms with Gasteiger partial charge in [-0.1, -0.05) is 370 Å². The standard InChI is InChI=1S/C120H79N7/c1-12-38-80(39-13-1)90-64-91(81-40-14-2-15-41-81)69-100(68-90)115-121-116(101-70-92(82-42-16-3-17-43-82)65-93(71-101)83-44-18-4-19-45-83)124-119(123-115)107-62-36-34-60-105(107)109-76-98(88-54-28-9-29-55-88)78-111-112-79-99(89-56-30-10-31-57-89)77-110(114(112)127(113(109)111)104-58-32-11-33-59-104)106-61-35-37-63-108(106)120-125-117(102-72-94(84-46-20-5-21-47-84)66-95(73-102)85-48-22-6-23-49-85)122-118(126-120)103-74-96(86-50-24-7-25-51-86)67-97(75-103)87-52-26-8-27-53-87/h1-79H. The molecular formula is C120H79N7. The Morgan fingerprint density at radius 1 is 0.118 bits per heavy atom. The first kappa shape index (κ1) is 76.2. The maximum Gasteiger partial charge on any atom is 0.164 e. The highest BCUT2D eigenvalue weighted by molar-refractivity contribution is 6.21. The van der Waals surface area contributed by atoms with E-state index in [1.807, 2.05) is 0 Å². The molecule has 3 heterocycles. The van der Waals surface area contributed by atoms with Crippen molar-refractivity contribution in [2.24, 2.45) is 0 Å². The number of nitrogens with zero attached hydrogens (tertiary/aromatic N) is 7. The number of benzene rings is 19. The molecule has 0 spiro atoms. The van der Waals surface area contributed by atoms with Crippen LogP contribution in [0.15, 0.2) is 479 Å². The highest BCUT2D eigenvalue weighted by Crippen LogP contribution is 2.50. The molecule has 0 bridgehead atoms. The van der Waals surface area contributed by atoms with E-state index in [9.17, 15) is 0 Å². The van der Waals surface area contributed by atoms with Crippen LogP contribution >= 0.6 is 0 Å². The molecule has 0 atom stereocenters. The average Bonchev–Trinajstić information content (AvgIpc) is 1.56. The smallest absolute Gasteiger partial charge is 0.164 e. The summed E-state index contributed by atoms with van der Waals surface area (Å²) in [5.41, 5.74) is 32.9. The topological polar surface area (TPSA) is 82.3 Å². The van der Waals surface area contributed by atoms with Gasteiger partial charge >= 0.3 is 0 Å². The summed E-state index contributed by atoms with van der Waals surface area (Å²) >= 11 is 0. The van der Waals surface area contributed by atoms with Crippen molar-refractivity contribution in [2.75, 3.05) is 0 Å². The van der Waals surface area contributed by atoms with Crippen molar-refractivity contribution in [3.63, 3.8) is 0 Å². The first-order chi connectivity index (χ1) is 62.9. The second-order valence-electron chi connectivity index (χ2n) is 32.1. The van der Waals surface area contributed by atoms with Crippen LogP contribution in [0.4, 0.5) is 0 Å². The van der Waals surface area contributed by atoms with Gasteiger partial charge in [0.25, 0.3) is 0 Å². The third-order valence-corrected chi connectivity index (χ3v) is 24.0. The number of hydrogen-bond acceptors (Lipinski definition) is 6. The molecule has 19 aromatic carbocycles. The molecule has 0 aliphatic rings. The largest absolute Gasteiger partial charge is 0.308 e. The summed E-state index contributed by atoms with van der Waals surface area (Å²) in [6.45, 7) is 0. The molecule has 594 valence electrons. The zero-order valence-corrected chi connectivity index (χ0v) is 69.2. The average molecular weight is 1620 g/mol. The molecule has 0 amide bonds. The summed E-state index contributed by atoms with van der Waals surface area (Å²) in [6, 6.07) is 171. The fourth-order valence-corrected chi connectivity index (χ4v) is 17.9. The van der Waals surface area contributed by atoms with E-state index >= 15 is 0 Å². The van der Waals surface area contributed by atoms with Crippen LogP contribution in [0.3, 0.4) is 0 Å². The Morgan fingerprint density at radius 2 is 0.283 bits per heavy atom. The molecule has 7 heteroatoms. The lowest BCUT2D eigenvalue weighted by molar-refractivity contribution is 1.07. The maximum atomic E-state index is 5.82. The van der Waals surface area contributed by atoms with Gasteiger partial charge in [-0.3, -0.25) is 0 Å². The van der Waals surface area contributed by atoms with Crippen molar-refractivity contribution in [2.45, 2.75) is 0 Å². The van der Waals surface area contributed by atoms with Gasteiger partial charge in [-0.2, -0.15) is 0 Å². The molecule has 0 N–H and O–H groups in total. The molecule has 0 saturated carbocycles. The molecule has 22 aromatic rings. The lowest BCUT2D eigenvalue weighted by atomic mass is 9.91. The Hall–Kier alpha value is -17.0. The summed E-state index contributed by atoms with van der Waals surface area (Å²) in [5, 5.41) is 2.08. The van der Waals surface area contributed by atoms with Crippen LogP contribution in [-0.2, 0) is 0 Å². The van der Waals surface area contributed by atoms with Gasteiger partial charge in [0.2, 0.25) is 0 Å². The van der Waals surface area contributed by atoms with Gasteiger partial charge in [0.05, 0.1) is 11.0 Å². The minimum atomic E-state index is 0.511. The van der Waals surface area contributed by atoms with E-state index in [2.05, 4.69) is 484 Å². The van der Waals surface area contributed by atoms with Crippen molar-refractivity contribution in [1.82, 2.24) is 34.5 Å². The van der Waals surface area contributed by atoms with Crippen LogP contribution in [0.25, 0.3) is 229 Å². The summed E-state index contributed by atoms with van der Waals surface area (Å²) < 4.78 is 2.50. The molecule has 3 aromatic heterocycles. The minimum absolute atomic E-state index is 0.511. The van der Waals surface area contributed by atoms with E-state index in [0.29, 0.717) is 34.9 Å². The van der Waals surface area contributed by atoms with Crippen LogP contribution in [0.2, 0.25) is 0 Å². The van der Waals surface area contributed by atoms with E-state index < -0.39 is 0 Å². The van der Waals surface area contributed by atoms with E-state index in [0.717, 1.165) is 194 Å². The normalized spacial score (nSPS) is 11.3. The zero-order valence-electron chi connectivity index (χ0n) is 69.2. The number of para-hydroxylation sites is 1. The van der Waals surface area contributed by atoms with Gasteiger partial charge in [0.1, 0.15) is 0 Å². The second kappa shape index (κ2) is 33.8. The lowest BCUT2D eigenvalue weighted by Crippen LogP contribution is -2.03. The molecule has 7 nitrogen and oxygen atoms in total. The molecule has 0 radical (unpaired) electrons. The predicted octanol–water partition coefficient (Wildman–Crippen LogP) is 31.2. The molecule has 0 aliphatic heterocycles. The fraction of sp³-hybridized carbons (Fsp3) is 0. The lowest BCUT2D eigenvalue weighted by Gasteiger charge is -2.18. The number of rotatable bonds is 19. The van der Waals surface area contributed by atoms with Crippen LogP contribution in [0, 0.1) is 0 Å². The van der Waals surface area contributed by atoms with Crippen molar-refractivity contribution >= 4 is 21.8 Å². The SMILES string of the molecule is c1ccc(-c2cc(-c3ccccc3)cc(-c3nc(-c4cc(-c5ccccc5)cc(-c5ccccc5)c4)nc(-c4ccccc4-c4cc(-c5ccccc5)cc5c6cc(-c7ccccc7)cc(-c7ccccc7-c7nc(-c8cc(-c9ccccc9)cc(-c9ccccc9)c8)nc(-c8cc(-c9ccccc9)cc(-c9ccccc9)c8)n7)c6n(-c6ccccc6)c45)n3)c2)cc1. The van der Waals surface area contributed by atoms with Crippen LogP contribution in [0.5, 0.6) is 0 Å². The first-order valence-electron chi connectivity index (χ1n) is 43.0. The highest BCUT2D eigenvalue weighted by Gasteiger charge is 2.29. The molecule has 0 saturated heterocycles. The minimum Gasteiger partial charge on any atom is -0.308 e. The Morgan fingerprint density at radius 3 is 0.496 bits per heavy atom. The van der Waals surface area contributed by atoms with Gasteiger partial charge in [-0.15, -0.1) is 0 Å². The third-order valence-electron chi connectivity index (χ3n) is 24.0. The molecule has 0 aliphatic carbocycles. The summed E-state index contributed by atoms with van der Waals surface area (Å²) in [7, 11) is 0. The number of hydrogen-bond donors (Lipinski definition) is 0. The Kier molecular flexibility index (Phi) is 20.3. The maximum absolute atomic E-state index is 5.82.